The van der Waals surface area contributed by atoms with E-state index in [-0.39, 0.29) is 61.8 Å². The van der Waals surface area contributed by atoms with Crippen LogP contribution in [0.25, 0.3) is 10.9 Å². The lowest BCUT2D eigenvalue weighted by atomic mass is 10.1. The molecule has 4 aliphatic heterocycles. The number of anilines is 2. The largest absolute Gasteiger partial charge is 0.493 e. The fraction of sp³-hybridized carbons (Fsp3) is 0.396. The number of aromatic nitrogens is 3. The molecule has 5 amide bonds. The number of carbonyl (C=O) groups excluding carboxylic acids is 4. The summed E-state index contributed by atoms with van der Waals surface area (Å²) in [5, 5.41) is 14.3. The maximum atomic E-state index is 15.0. The molecule has 6 heterocycles. The number of urea groups is 1. The van der Waals surface area contributed by atoms with Gasteiger partial charge in [-0.15, -0.1) is 0 Å². The van der Waals surface area contributed by atoms with Crippen LogP contribution in [0.2, 0.25) is 0 Å². The number of carbonyl (C=O) groups is 4. The van der Waals surface area contributed by atoms with Crippen LogP contribution in [0.4, 0.5) is 29.6 Å². The van der Waals surface area contributed by atoms with Gasteiger partial charge in [-0.1, -0.05) is 18.2 Å². The van der Waals surface area contributed by atoms with E-state index in [0.29, 0.717) is 71.2 Å². The Hall–Kier alpha value is -7.20. The van der Waals surface area contributed by atoms with E-state index in [9.17, 15) is 32.3 Å². The van der Waals surface area contributed by atoms with Crippen LogP contribution >= 0.6 is 0 Å². The zero-order chi connectivity index (χ0) is 47.8. The molecule has 0 aliphatic carbocycles. The van der Waals surface area contributed by atoms with Crippen molar-refractivity contribution in [3.05, 3.63) is 94.9 Å². The standard InChI is InChI=1S/C24H24F3N5O3.C22H25N3O4.C2H3N/c1-30-19-12-20(18(25)11-17(19)22(29-30)32-10-7-21(33)28-23(32)34)35-16-5-3-15(4-6-16)13-31-9-2-8-24(26,27)14-31;1-3-29-18-13-15(7-8-17(18)28-2)14-25-21(26)16-9-10-23-20(19(16)22(25)27)24-11-5-4-6-12-24;1-2-3/h3-6,11-12H,2,7-10,13-14H2,1H3,(H,28,33,34);7-10,13H,3-6,11-12,14H2,1-2H3;1H3. The van der Waals surface area contributed by atoms with E-state index in [2.05, 4.69) is 20.3 Å². The number of amides is 5. The molecule has 2 aromatic heterocycles. The van der Waals surface area contributed by atoms with E-state index in [1.165, 1.54) is 40.0 Å². The molecular formula is C48H52F3N9O7. The number of aryl methyl sites for hydroxylation is 1. The lowest BCUT2D eigenvalue weighted by molar-refractivity contribution is -0.120. The van der Waals surface area contributed by atoms with Crippen molar-refractivity contribution in [1.82, 2.24) is 29.9 Å². The van der Waals surface area contributed by atoms with Crippen LogP contribution in [0.5, 0.6) is 23.0 Å². The van der Waals surface area contributed by atoms with Crippen molar-refractivity contribution in [2.75, 3.05) is 56.2 Å². The average Bonchev–Trinajstić information content (AvgIpc) is 3.74. The number of imide groups is 2. The molecule has 0 bridgehead atoms. The first-order chi connectivity index (χ1) is 32.2. The monoisotopic (exact) mass is 923 g/mol. The number of methoxy groups -OCH3 is 1. The van der Waals surface area contributed by atoms with Gasteiger partial charge in [0.2, 0.25) is 5.91 Å². The van der Waals surface area contributed by atoms with Crippen LogP contribution in [0, 0.1) is 17.1 Å². The summed E-state index contributed by atoms with van der Waals surface area (Å²) in [6, 6.07) is 17.9. The summed E-state index contributed by atoms with van der Waals surface area (Å²) in [5.74, 6) is -1.74. The van der Waals surface area contributed by atoms with Gasteiger partial charge in [-0.05, 0) is 86.7 Å². The number of hydrogen-bond donors (Lipinski definition) is 1. The number of piperidine rings is 2. The quantitative estimate of drug-likeness (QED) is 0.127. The number of hydrogen-bond acceptors (Lipinski definition) is 12. The fourth-order valence-corrected chi connectivity index (χ4v) is 8.48. The summed E-state index contributed by atoms with van der Waals surface area (Å²) < 4.78 is 60.5. The predicted molar refractivity (Wildman–Crippen MR) is 242 cm³/mol. The molecule has 19 heteroatoms. The SMILES string of the molecule is CC#N.CCOc1cc(CN2C(=O)c3ccnc(N4CCCCC4)c3C2=O)ccc1OC.Cn1nc(N2CCC(=O)NC2=O)c2cc(F)c(Oc3ccc(CN4CCCC(F)(F)C4)cc3)cc21. The molecule has 16 nitrogen and oxygen atoms in total. The van der Waals surface area contributed by atoms with Gasteiger partial charge in [-0.2, -0.15) is 10.4 Å². The van der Waals surface area contributed by atoms with Gasteiger partial charge < -0.3 is 19.1 Å². The Morgan fingerprint density at radius 3 is 2.27 bits per heavy atom. The Morgan fingerprint density at radius 2 is 1.58 bits per heavy atom. The molecule has 3 fully saturated rings. The van der Waals surface area contributed by atoms with Gasteiger partial charge >= 0.3 is 6.03 Å². The number of nitrogens with zero attached hydrogens (tertiary/aromatic N) is 8. The number of pyridine rings is 1. The van der Waals surface area contributed by atoms with Crippen LogP contribution in [0.3, 0.4) is 0 Å². The second-order valence-corrected chi connectivity index (χ2v) is 16.4. The van der Waals surface area contributed by atoms with E-state index in [1.54, 1.807) is 67.7 Å². The topological polar surface area (TPSA) is 175 Å². The molecular weight excluding hydrogens is 872 g/mol. The highest BCUT2D eigenvalue weighted by Gasteiger charge is 2.40. The molecule has 5 aromatic rings. The van der Waals surface area contributed by atoms with Gasteiger partial charge in [0.05, 0.1) is 49.5 Å². The molecule has 3 aromatic carbocycles. The highest BCUT2D eigenvalue weighted by molar-refractivity contribution is 6.23. The summed E-state index contributed by atoms with van der Waals surface area (Å²) >= 11 is 0. The average molecular weight is 924 g/mol. The molecule has 9 rings (SSSR count). The molecule has 0 saturated carbocycles. The van der Waals surface area contributed by atoms with Crippen molar-refractivity contribution in [1.29, 1.82) is 5.26 Å². The molecule has 67 heavy (non-hydrogen) atoms. The third-order valence-electron chi connectivity index (χ3n) is 11.6. The van der Waals surface area contributed by atoms with E-state index >= 15 is 0 Å². The Kier molecular flexibility index (Phi) is 14.9. The summed E-state index contributed by atoms with van der Waals surface area (Å²) in [7, 11) is 3.25. The third kappa shape index (κ3) is 10.9. The number of rotatable bonds is 11. The fourth-order valence-electron chi connectivity index (χ4n) is 8.48. The molecule has 0 spiro atoms. The van der Waals surface area contributed by atoms with Crippen molar-refractivity contribution >= 4 is 46.3 Å². The van der Waals surface area contributed by atoms with Crippen LogP contribution < -0.4 is 29.3 Å². The van der Waals surface area contributed by atoms with Crippen molar-refractivity contribution in [3.8, 4) is 29.1 Å². The van der Waals surface area contributed by atoms with Crippen LogP contribution in [0.15, 0.2) is 66.9 Å². The molecule has 352 valence electrons. The van der Waals surface area contributed by atoms with E-state index < -0.39 is 17.8 Å². The Labute approximate surface area is 385 Å². The van der Waals surface area contributed by atoms with Crippen LogP contribution in [0.1, 0.15) is 84.2 Å². The first kappa shape index (κ1) is 47.8. The van der Waals surface area contributed by atoms with Gasteiger partial charge in [0.1, 0.15) is 11.6 Å². The highest BCUT2D eigenvalue weighted by atomic mass is 19.3. The number of nitriles is 1. The van der Waals surface area contributed by atoms with E-state index in [0.717, 1.165) is 37.1 Å². The van der Waals surface area contributed by atoms with Gasteiger partial charge in [0.15, 0.2) is 28.9 Å². The molecule has 0 radical (unpaired) electrons. The minimum Gasteiger partial charge on any atom is -0.493 e. The second-order valence-electron chi connectivity index (χ2n) is 16.4. The Bertz CT molecular complexity index is 2680. The van der Waals surface area contributed by atoms with Crippen molar-refractivity contribution in [3.63, 3.8) is 0 Å². The normalized spacial score (nSPS) is 16.9. The number of ether oxygens (including phenoxy) is 3. The smallest absolute Gasteiger partial charge is 0.329 e. The molecule has 0 unspecified atom stereocenters. The molecule has 1 N–H and O–H groups in total. The Balaban J connectivity index is 0.000000191. The maximum Gasteiger partial charge on any atom is 0.329 e. The Morgan fingerprint density at radius 1 is 0.851 bits per heavy atom. The van der Waals surface area contributed by atoms with Crippen molar-refractivity contribution < 1.29 is 46.6 Å². The number of likely N-dealkylation sites (tertiary alicyclic amines) is 1. The molecule has 0 atom stereocenters. The zero-order valence-corrected chi connectivity index (χ0v) is 37.8. The minimum absolute atomic E-state index is 0.0197. The molecule has 3 saturated heterocycles. The summed E-state index contributed by atoms with van der Waals surface area (Å²) in [4.78, 5) is 60.7. The van der Waals surface area contributed by atoms with Crippen molar-refractivity contribution in [2.24, 2.45) is 7.05 Å². The maximum absolute atomic E-state index is 15.0. The minimum atomic E-state index is -2.65. The van der Waals surface area contributed by atoms with Gasteiger partial charge in [-0.25, -0.2) is 22.9 Å². The van der Waals surface area contributed by atoms with Crippen LogP contribution in [-0.2, 0) is 24.9 Å². The number of fused-ring (bicyclic) bond motifs is 2. The van der Waals surface area contributed by atoms with E-state index in [1.807, 2.05) is 19.1 Å². The number of benzene rings is 3. The number of nitrogens with one attached hydrogen (secondary N) is 1. The zero-order valence-electron chi connectivity index (χ0n) is 37.8. The predicted octanol–water partition coefficient (Wildman–Crippen LogP) is 7.99. The first-order valence-electron chi connectivity index (χ1n) is 22.1. The summed E-state index contributed by atoms with van der Waals surface area (Å²) in [6.07, 6.45) is 5.47. The lowest BCUT2D eigenvalue weighted by Gasteiger charge is -2.32. The van der Waals surface area contributed by atoms with Gasteiger partial charge in [0.25, 0.3) is 17.7 Å². The summed E-state index contributed by atoms with van der Waals surface area (Å²) in [6.45, 7) is 6.66. The van der Waals surface area contributed by atoms with Gasteiger partial charge in [0, 0.05) is 70.6 Å². The lowest BCUT2D eigenvalue weighted by Crippen LogP contribution is -2.49. The van der Waals surface area contributed by atoms with Crippen molar-refractivity contribution in [2.45, 2.75) is 71.4 Å². The molecule has 4 aliphatic rings. The number of alkyl halides is 2. The summed E-state index contributed by atoms with van der Waals surface area (Å²) in [5.41, 5.74) is 3.07. The third-order valence-corrected chi connectivity index (χ3v) is 11.6. The van der Waals surface area contributed by atoms with E-state index in [4.69, 9.17) is 19.5 Å². The highest BCUT2D eigenvalue weighted by Crippen LogP contribution is 2.36. The second kappa shape index (κ2) is 21.0. The number of halogens is 3. The van der Waals surface area contributed by atoms with Crippen LogP contribution in [-0.4, -0.2) is 101 Å². The van der Waals surface area contributed by atoms with Gasteiger partial charge in [-0.3, -0.25) is 39.1 Å². The first-order valence-corrected chi connectivity index (χ1v) is 22.1.